The Morgan fingerprint density at radius 3 is 1.68 bits per heavy atom. The van der Waals surface area contributed by atoms with Gasteiger partial charge < -0.3 is 24.8 Å². The van der Waals surface area contributed by atoms with Gasteiger partial charge in [-0.05, 0) is 38.0 Å². The first-order valence-electron chi connectivity index (χ1n) is 23.4. The van der Waals surface area contributed by atoms with Crippen LogP contribution in [0.15, 0.2) is 24.3 Å². The van der Waals surface area contributed by atoms with Crippen molar-refractivity contribution in [2.24, 2.45) is 17.8 Å². The molecule has 56 heavy (non-hydrogen) atoms. The smallest absolute Gasteiger partial charge is 0.305 e. The number of allylic oxidation sites excluding steroid dienone is 3. The molecular formula is C48H86O8. The van der Waals surface area contributed by atoms with Gasteiger partial charge in [0, 0.05) is 31.1 Å². The topological polar surface area (TPSA) is 130 Å². The first kappa shape index (κ1) is 52.0. The predicted octanol–water partition coefficient (Wildman–Crippen LogP) is 11.5. The fourth-order valence-corrected chi connectivity index (χ4v) is 7.57. The summed E-state index contributed by atoms with van der Waals surface area (Å²) in [6.07, 6.45) is 37.5. The Balaban J connectivity index is 1.95. The van der Waals surface area contributed by atoms with Gasteiger partial charge in [-0.25, -0.2) is 0 Å². The summed E-state index contributed by atoms with van der Waals surface area (Å²) in [4.78, 5) is 36.6. The fourth-order valence-electron chi connectivity index (χ4n) is 7.57. The number of carbonyl (C=O) groups excluding carboxylic acids is 3. The number of aliphatic hydroxyl groups excluding tert-OH is 3. The van der Waals surface area contributed by atoms with E-state index in [2.05, 4.69) is 20.8 Å². The summed E-state index contributed by atoms with van der Waals surface area (Å²) >= 11 is 0. The van der Waals surface area contributed by atoms with Gasteiger partial charge in [0.15, 0.2) is 0 Å². The Bertz CT molecular complexity index is 1020. The maximum absolute atomic E-state index is 12.4. The van der Waals surface area contributed by atoms with Crippen LogP contribution in [0.25, 0.3) is 0 Å². The molecule has 1 aliphatic carbocycles. The molecule has 0 radical (unpaired) electrons. The van der Waals surface area contributed by atoms with E-state index in [9.17, 15) is 29.7 Å². The highest BCUT2D eigenvalue weighted by molar-refractivity contribution is 5.86. The molecule has 8 nitrogen and oxygen atoms in total. The molecule has 3 N–H and O–H groups in total. The molecule has 8 heteroatoms. The van der Waals surface area contributed by atoms with E-state index >= 15 is 0 Å². The summed E-state index contributed by atoms with van der Waals surface area (Å²) in [7, 11) is 0. The minimum Gasteiger partial charge on any atom is -0.463 e. The molecule has 1 rings (SSSR count). The number of unbranched alkanes of at least 4 members (excludes halogenated alkanes) is 20. The van der Waals surface area contributed by atoms with E-state index in [0.717, 1.165) is 44.4 Å². The van der Waals surface area contributed by atoms with Crippen molar-refractivity contribution in [1.82, 2.24) is 0 Å². The third kappa shape index (κ3) is 29.2. The zero-order valence-electron chi connectivity index (χ0n) is 36.3. The second-order valence-corrected chi connectivity index (χ2v) is 16.9. The minimum atomic E-state index is -1.05. The Morgan fingerprint density at radius 1 is 0.679 bits per heavy atom. The predicted molar refractivity (Wildman–Crippen MR) is 229 cm³/mol. The van der Waals surface area contributed by atoms with Crippen molar-refractivity contribution in [1.29, 1.82) is 0 Å². The first-order valence-corrected chi connectivity index (χ1v) is 23.4. The molecule has 1 fully saturated rings. The molecule has 0 bridgehead atoms. The van der Waals surface area contributed by atoms with E-state index < -0.39 is 30.2 Å². The SMILES string of the molecule is CCCCC[C@H](O)/C=C/[C@H]1C(=O)C[C@H](O)[C@@H]1C/C=C\CCCC(=O)OC[C@H](O)COC(=O)CCCCCCCCCCCCCCCCCCCCC(C)CC. The second-order valence-electron chi connectivity index (χ2n) is 16.9. The van der Waals surface area contributed by atoms with Gasteiger partial charge in [-0.15, -0.1) is 0 Å². The highest BCUT2D eigenvalue weighted by Crippen LogP contribution is 2.33. The van der Waals surface area contributed by atoms with Crippen LogP contribution < -0.4 is 0 Å². The van der Waals surface area contributed by atoms with E-state index in [-0.39, 0.29) is 43.7 Å². The number of hydrogen-bond acceptors (Lipinski definition) is 8. The van der Waals surface area contributed by atoms with Crippen molar-refractivity contribution in [2.45, 2.75) is 232 Å². The van der Waals surface area contributed by atoms with Gasteiger partial charge in [-0.2, -0.15) is 0 Å². The number of ether oxygens (including phenoxy) is 2. The third-order valence-electron chi connectivity index (χ3n) is 11.6. The van der Waals surface area contributed by atoms with Crippen LogP contribution in [0.3, 0.4) is 0 Å². The van der Waals surface area contributed by atoms with Gasteiger partial charge in [0.1, 0.15) is 25.1 Å². The molecule has 6 atom stereocenters. The van der Waals surface area contributed by atoms with Gasteiger partial charge in [0.25, 0.3) is 0 Å². The number of rotatable bonds is 38. The summed E-state index contributed by atoms with van der Waals surface area (Å²) in [6.45, 7) is 6.39. The molecule has 1 aliphatic rings. The van der Waals surface area contributed by atoms with Crippen LogP contribution in [-0.2, 0) is 23.9 Å². The molecule has 0 saturated heterocycles. The zero-order valence-corrected chi connectivity index (χ0v) is 36.3. The Morgan fingerprint density at radius 2 is 1.16 bits per heavy atom. The van der Waals surface area contributed by atoms with Crippen LogP contribution in [-0.4, -0.2) is 64.6 Å². The van der Waals surface area contributed by atoms with Crippen molar-refractivity contribution >= 4 is 17.7 Å². The Labute approximate surface area is 343 Å². The molecule has 0 aromatic rings. The quantitative estimate of drug-likeness (QED) is 0.0320. The number of Topliss-reactive ketones (excluding diaryl/α,β-unsaturated/α-hetero) is 1. The van der Waals surface area contributed by atoms with E-state index in [4.69, 9.17) is 9.47 Å². The van der Waals surface area contributed by atoms with Crippen molar-refractivity contribution in [3.8, 4) is 0 Å². The van der Waals surface area contributed by atoms with Crippen molar-refractivity contribution < 1.29 is 39.2 Å². The second kappa shape index (κ2) is 36.1. The standard InChI is InChI=1S/C48H86O8/c1-4-6-25-31-41(49)35-36-44-43(45(51)37-46(44)52)32-27-23-24-29-34-48(54)56-39-42(50)38-55-47(53)33-28-22-20-18-16-14-12-10-8-7-9-11-13-15-17-19-21-26-30-40(3)5-2/h23,27,35-36,40-45,49-51H,4-22,24-26,28-34,37-39H2,1-3H3/b27-23-,36-35+/t40?,41-,42+,43+,44+,45-/m0/s1. The van der Waals surface area contributed by atoms with Gasteiger partial charge in [-0.1, -0.05) is 186 Å². The van der Waals surface area contributed by atoms with Gasteiger partial charge in [-0.3, -0.25) is 14.4 Å². The molecule has 0 aromatic carbocycles. The van der Waals surface area contributed by atoms with Crippen LogP contribution in [0.1, 0.15) is 213 Å². The average Bonchev–Trinajstić information content (AvgIpc) is 3.46. The number of carbonyl (C=O) groups is 3. The third-order valence-corrected chi connectivity index (χ3v) is 11.6. The zero-order chi connectivity index (χ0) is 41.1. The first-order chi connectivity index (χ1) is 27.2. The Kier molecular flexibility index (Phi) is 33.5. The lowest BCUT2D eigenvalue weighted by Crippen LogP contribution is -2.25. The van der Waals surface area contributed by atoms with Crippen molar-refractivity contribution in [3.05, 3.63) is 24.3 Å². The van der Waals surface area contributed by atoms with E-state index in [1.165, 1.54) is 109 Å². The van der Waals surface area contributed by atoms with Gasteiger partial charge in [0.05, 0.1) is 12.2 Å². The molecule has 1 saturated carbocycles. The molecule has 326 valence electrons. The van der Waals surface area contributed by atoms with Crippen LogP contribution >= 0.6 is 0 Å². The highest BCUT2D eigenvalue weighted by Gasteiger charge is 2.39. The molecule has 0 spiro atoms. The summed E-state index contributed by atoms with van der Waals surface area (Å²) in [5, 5.41) is 30.7. The van der Waals surface area contributed by atoms with Crippen molar-refractivity contribution in [2.75, 3.05) is 13.2 Å². The van der Waals surface area contributed by atoms with E-state index in [1.807, 2.05) is 12.2 Å². The number of aliphatic hydroxyl groups is 3. The summed E-state index contributed by atoms with van der Waals surface area (Å²) < 4.78 is 10.3. The van der Waals surface area contributed by atoms with Gasteiger partial charge >= 0.3 is 11.9 Å². The molecule has 0 aliphatic heterocycles. The molecule has 0 aromatic heterocycles. The lowest BCUT2D eigenvalue weighted by atomic mass is 9.90. The lowest BCUT2D eigenvalue weighted by molar-refractivity contribution is -0.152. The van der Waals surface area contributed by atoms with E-state index in [0.29, 0.717) is 32.1 Å². The van der Waals surface area contributed by atoms with Crippen LogP contribution in [0, 0.1) is 17.8 Å². The molecule has 0 heterocycles. The number of hydrogen-bond donors (Lipinski definition) is 3. The maximum atomic E-state index is 12.4. The summed E-state index contributed by atoms with van der Waals surface area (Å²) in [5.74, 6) is -0.450. The normalized spacial score (nSPS) is 18.9. The van der Waals surface area contributed by atoms with Crippen molar-refractivity contribution in [3.63, 3.8) is 0 Å². The number of esters is 2. The average molecular weight is 791 g/mol. The van der Waals surface area contributed by atoms with Crippen LogP contribution in [0.5, 0.6) is 0 Å². The maximum Gasteiger partial charge on any atom is 0.305 e. The monoisotopic (exact) mass is 791 g/mol. The van der Waals surface area contributed by atoms with Gasteiger partial charge in [0.2, 0.25) is 0 Å². The van der Waals surface area contributed by atoms with E-state index in [1.54, 1.807) is 12.2 Å². The highest BCUT2D eigenvalue weighted by atomic mass is 16.6. The summed E-state index contributed by atoms with van der Waals surface area (Å²) in [6, 6.07) is 0. The minimum absolute atomic E-state index is 0.00339. The largest absolute Gasteiger partial charge is 0.463 e. The molecule has 0 amide bonds. The fraction of sp³-hybridized carbons (Fsp3) is 0.854. The van der Waals surface area contributed by atoms with Crippen LogP contribution in [0.2, 0.25) is 0 Å². The molecular weight excluding hydrogens is 705 g/mol. The Hall–Kier alpha value is -2.03. The summed E-state index contributed by atoms with van der Waals surface area (Å²) in [5.41, 5.74) is 0. The molecule has 1 unspecified atom stereocenters. The lowest BCUT2D eigenvalue weighted by Gasteiger charge is -2.17. The van der Waals surface area contributed by atoms with Crippen LogP contribution in [0.4, 0.5) is 0 Å². The number of ketones is 1.